The van der Waals surface area contributed by atoms with Crippen molar-refractivity contribution in [3.63, 3.8) is 0 Å². The summed E-state index contributed by atoms with van der Waals surface area (Å²) in [6, 6.07) is 5.69. The van der Waals surface area contributed by atoms with E-state index in [1.807, 2.05) is 25.1 Å². The first-order valence-corrected chi connectivity index (χ1v) is 4.49. The first-order chi connectivity index (χ1) is 5.74. The summed E-state index contributed by atoms with van der Waals surface area (Å²) in [4.78, 5) is 5.36. The van der Waals surface area contributed by atoms with Gasteiger partial charge in [0.1, 0.15) is 0 Å². The molecule has 1 aromatic carbocycles. The standard InChI is InChI=1S/C8H9ClO2S/c1-6-3-4-7(5-8(6)9)12-11-10-2/h3-5H,1-2H3. The number of benzene rings is 1. The molecule has 0 saturated carbocycles. The summed E-state index contributed by atoms with van der Waals surface area (Å²) in [7, 11) is 1.46. The highest BCUT2D eigenvalue weighted by molar-refractivity contribution is 7.94. The second kappa shape index (κ2) is 4.72. The second-order valence-electron chi connectivity index (χ2n) is 2.23. The summed E-state index contributed by atoms with van der Waals surface area (Å²) in [5, 5.41) is 0.736. The summed E-state index contributed by atoms with van der Waals surface area (Å²) in [5.74, 6) is 0. The van der Waals surface area contributed by atoms with Gasteiger partial charge in [-0.15, -0.1) is 0 Å². The van der Waals surface area contributed by atoms with Crippen molar-refractivity contribution in [3.05, 3.63) is 28.8 Å². The Morgan fingerprint density at radius 1 is 1.42 bits per heavy atom. The Morgan fingerprint density at radius 2 is 2.17 bits per heavy atom. The molecule has 2 nitrogen and oxygen atoms in total. The fourth-order valence-corrected chi connectivity index (χ4v) is 1.38. The number of hydrogen-bond donors (Lipinski definition) is 0. The summed E-state index contributed by atoms with van der Waals surface area (Å²) in [6.07, 6.45) is 0. The smallest absolute Gasteiger partial charge is 0.0725 e. The van der Waals surface area contributed by atoms with E-state index < -0.39 is 0 Å². The third kappa shape index (κ3) is 2.68. The van der Waals surface area contributed by atoms with Crippen molar-refractivity contribution in [2.75, 3.05) is 7.11 Å². The van der Waals surface area contributed by atoms with Crippen molar-refractivity contribution >= 4 is 23.6 Å². The highest BCUT2D eigenvalue weighted by Gasteiger charge is 1.98. The minimum absolute atomic E-state index is 0.736. The molecular weight excluding hydrogens is 196 g/mol. The molecule has 0 N–H and O–H groups in total. The van der Waals surface area contributed by atoms with E-state index in [1.54, 1.807) is 0 Å². The Morgan fingerprint density at radius 3 is 2.75 bits per heavy atom. The molecule has 66 valence electrons. The summed E-state index contributed by atoms with van der Waals surface area (Å²) in [5.41, 5.74) is 1.05. The molecule has 0 amide bonds. The molecule has 0 heterocycles. The minimum atomic E-state index is 0.736. The van der Waals surface area contributed by atoms with Gasteiger partial charge in [0, 0.05) is 9.92 Å². The largest absolute Gasteiger partial charge is 0.227 e. The topological polar surface area (TPSA) is 18.5 Å². The average Bonchev–Trinajstić information content (AvgIpc) is 2.07. The Bertz CT molecular complexity index is 265. The van der Waals surface area contributed by atoms with E-state index in [-0.39, 0.29) is 0 Å². The highest BCUT2D eigenvalue weighted by atomic mass is 35.5. The molecule has 0 aromatic heterocycles. The third-order valence-corrected chi connectivity index (χ3v) is 2.40. The number of hydrogen-bond acceptors (Lipinski definition) is 3. The van der Waals surface area contributed by atoms with Gasteiger partial charge in [-0.1, -0.05) is 17.7 Å². The maximum atomic E-state index is 5.88. The van der Waals surface area contributed by atoms with Gasteiger partial charge in [-0.3, -0.25) is 0 Å². The Hall–Kier alpha value is -0.220. The van der Waals surface area contributed by atoms with E-state index in [2.05, 4.69) is 9.22 Å². The van der Waals surface area contributed by atoms with Gasteiger partial charge in [0.05, 0.1) is 19.2 Å². The van der Waals surface area contributed by atoms with Gasteiger partial charge >= 0.3 is 0 Å². The molecular formula is C8H9ClO2S. The van der Waals surface area contributed by atoms with Gasteiger partial charge in [-0.25, -0.2) is 4.89 Å². The van der Waals surface area contributed by atoms with Gasteiger partial charge < -0.3 is 0 Å². The molecule has 12 heavy (non-hydrogen) atoms. The van der Waals surface area contributed by atoms with Crippen LogP contribution in [0.2, 0.25) is 5.02 Å². The molecule has 0 unspecified atom stereocenters. The zero-order chi connectivity index (χ0) is 8.97. The van der Waals surface area contributed by atoms with Crippen LogP contribution in [-0.4, -0.2) is 7.11 Å². The zero-order valence-electron chi connectivity index (χ0n) is 6.83. The summed E-state index contributed by atoms with van der Waals surface area (Å²) in [6.45, 7) is 1.95. The van der Waals surface area contributed by atoms with E-state index in [0.717, 1.165) is 27.5 Å². The molecule has 0 aliphatic heterocycles. The highest BCUT2D eigenvalue weighted by Crippen LogP contribution is 2.24. The SMILES string of the molecule is COOSc1ccc(C)c(Cl)c1. The van der Waals surface area contributed by atoms with Crippen molar-refractivity contribution in [1.29, 1.82) is 0 Å². The molecule has 0 spiro atoms. The Balaban J connectivity index is 2.69. The predicted molar refractivity (Wildman–Crippen MR) is 50.1 cm³/mol. The van der Waals surface area contributed by atoms with Gasteiger partial charge in [-0.2, -0.15) is 4.33 Å². The van der Waals surface area contributed by atoms with Gasteiger partial charge in [-0.05, 0) is 24.6 Å². The molecule has 0 aliphatic carbocycles. The number of rotatable bonds is 3. The maximum Gasteiger partial charge on any atom is 0.0725 e. The van der Waals surface area contributed by atoms with Crippen LogP contribution in [0.4, 0.5) is 0 Å². The monoisotopic (exact) mass is 204 g/mol. The Labute approximate surface area is 81.0 Å². The predicted octanol–water partition coefficient (Wildman–Crippen LogP) is 3.23. The molecule has 1 rings (SSSR count). The van der Waals surface area contributed by atoms with Gasteiger partial charge in [0.15, 0.2) is 0 Å². The van der Waals surface area contributed by atoms with E-state index in [1.165, 1.54) is 7.11 Å². The summed E-state index contributed by atoms with van der Waals surface area (Å²) < 4.78 is 4.67. The second-order valence-corrected chi connectivity index (χ2v) is 3.41. The lowest BCUT2D eigenvalue weighted by Crippen LogP contribution is -1.79. The van der Waals surface area contributed by atoms with Gasteiger partial charge in [0.25, 0.3) is 0 Å². The lowest BCUT2D eigenvalue weighted by Gasteiger charge is -2.00. The molecule has 4 heteroatoms. The maximum absolute atomic E-state index is 5.88. The lowest BCUT2D eigenvalue weighted by atomic mass is 10.2. The fourth-order valence-electron chi connectivity index (χ4n) is 0.699. The first kappa shape index (κ1) is 9.86. The van der Waals surface area contributed by atoms with E-state index in [0.29, 0.717) is 0 Å². The van der Waals surface area contributed by atoms with Crippen LogP contribution in [0.3, 0.4) is 0 Å². The number of halogens is 1. The van der Waals surface area contributed by atoms with E-state index >= 15 is 0 Å². The fraction of sp³-hybridized carbons (Fsp3) is 0.250. The summed E-state index contributed by atoms with van der Waals surface area (Å²) >= 11 is 7.02. The van der Waals surface area contributed by atoms with Crippen LogP contribution in [0.1, 0.15) is 5.56 Å². The Kier molecular flexibility index (Phi) is 3.88. The average molecular weight is 205 g/mol. The quantitative estimate of drug-likeness (QED) is 0.428. The molecule has 0 saturated heterocycles. The molecule has 0 aliphatic rings. The molecule has 0 fully saturated rings. The van der Waals surface area contributed by atoms with Crippen molar-refractivity contribution in [1.82, 2.24) is 0 Å². The van der Waals surface area contributed by atoms with Gasteiger partial charge in [0.2, 0.25) is 0 Å². The lowest BCUT2D eigenvalue weighted by molar-refractivity contribution is -0.160. The molecule has 0 atom stereocenters. The first-order valence-electron chi connectivity index (χ1n) is 3.37. The van der Waals surface area contributed by atoms with Crippen molar-refractivity contribution in [3.8, 4) is 0 Å². The van der Waals surface area contributed by atoms with E-state index in [4.69, 9.17) is 11.6 Å². The van der Waals surface area contributed by atoms with Crippen LogP contribution in [0.5, 0.6) is 0 Å². The third-order valence-electron chi connectivity index (χ3n) is 1.34. The van der Waals surface area contributed by atoms with Crippen molar-refractivity contribution < 1.29 is 9.22 Å². The normalized spacial score (nSPS) is 10.2. The van der Waals surface area contributed by atoms with Crippen LogP contribution in [0.15, 0.2) is 23.1 Å². The number of aryl methyl sites for hydroxylation is 1. The molecule has 0 radical (unpaired) electrons. The van der Waals surface area contributed by atoms with Crippen LogP contribution >= 0.6 is 23.6 Å². The van der Waals surface area contributed by atoms with Crippen molar-refractivity contribution in [2.45, 2.75) is 11.8 Å². The van der Waals surface area contributed by atoms with Crippen LogP contribution in [0, 0.1) is 6.92 Å². The molecule has 1 aromatic rings. The van der Waals surface area contributed by atoms with Crippen LogP contribution in [0.25, 0.3) is 0 Å². The van der Waals surface area contributed by atoms with E-state index in [9.17, 15) is 0 Å². The zero-order valence-corrected chi connectivity index (χ0v) is 8.41. The van der Waals surface area contributed by atoms with Crippen LogP contribution < -0.4 is 0 Å². The van der Waals surface area contributed by atoms with Crippen LogP contribution in [-0.2, 0) is 9.22 Å². The molecule has 0 bridgehead atoms. The minimum Gasteiger partial charge on any atom is -0.227 e. The van der Waals surface area contributed by atoms with Crippen molar-refractivity contribution in [2.24, 2.45) is 0 Å².